The number of allylic oxidation sites excluding steroid dienone is 1. The second kappa shape index (κ2) is 6.19. The fraction of sp³-hybridized carbons (Fsp3) is 0.750. The Morgan fingerprint density at radius 2 is 1.94 bits per heavy atom. The van der Waals surface area contributed by atoms with Gasteiger partial charge < -0.3 is 4.74 Å². The number of carbonyl (C=O) groups is 1. The molecule has 0 aromatic heterocycles. The molecule has 0 aliphatic carbocycles. The van der Waals surface area contributed by atoms with Crippen molar-refractivity contribution in [3.63, 3.8) is 0 Å². The molecule has 0 bridgehead atoms. The molecule has 0 saturated heterocycles. The van der Waals surface area contributed by atoms with Crippen LogP contribution in [0.15, 0.2) is 12.7 Å². The van der Waals surface area contributed by atoms with Gasteiger partial charge in [-0.1, -0.05) is 6.08 Å². The van der Waals surface area contributed by atoms with Crippen LogP contribution >= 0.6 is 0 Å². The number of hydrogen-bond acceptors (Lipinski definition) is 4. The van der Waals surface area contributed by atoms with Crippen molar-refractivity contribution in [2.75, 3.05) is 6.61 Å². The Morgan fingerprint density at radius 3 is 2.29 bits per heavy atom. The van der Waals surface area contributed by atoms with Crippen LogP contribution in [0.25, 0.3) is 0 Å². The van der Waals surface area contributed by atoms with Gasteiger partial charge in [0.15, 0.2) is 15.1 Å². The Kier molecular flexibility index (Phi) is 5.88. The maximum atomic E-state index is 12.2. The molecule has 0 saturated carbocycles. The summed E-state index contributed by atoms with van der Waals surface area (Å²) >= 11 is 0. The van der Waals surface area contributed by atoms with Gasteiger partial charge in [0.05, 0.1) is 11.4 Å². The van der Waals surface area contributed by atoms with Crippen molar-refractivity contribution < 1.29 is 17.9 Å². The van der Waals surface area contributed by atoms with Gasteiger partial charge in [0, 0.05) is 0 Å². The molecule has 1 atom stereocenters. The summed E-state index contributed by atoms with van der Waals surface area (Å²) in [4.78, 5) is 11.7. The van der Waals surface area contributed by atoms with Gasteiger partial charge in [-0.3, -0.25) is 4.79 Å². The van der Waals surface area contributed by atoms with E-state index >= 15 is 0 Å². The molecule has 0 spiro atoms. The molecule has 0 N–H and O–H groups in total. The molecule has 0 aromatic rings. The molecule has 0 radical (unpaired) electrons. The predicted octanol–water partition coefficient (Wildman–Crippen LogP) is 2.10. The summed E-state index contributed by atoms with van der Waals surface area (Å²) in [5.74, 6) is -0.663. The largest absolute Gasteiger partial charge is 0.465 e. The van der Waals surface area contributed by atoms with E-state index in [1.54, 1.807) is 33.8 Å². The molecule has 0 amide bonds. The van der Waals surface area contributed by atoms with Crippen molar-refractivity contribution in [1.82, 2.24) is 0 Å². The van der Waals surface area contributed by atoms with E-state index in [-0.39, 0.29) is 13.0 Å². The zero-order chi connectivity index (χ0) is 13.7. The third kappa shape index (κ3) is 4.15. The van der Waals surface area contributed by atoms with Crippen LogP contribution in [0, 0.1) is 0 Å². The summed E-state index contributed by atoms with van der Waals surface area (Å²) in [6.45, 7) is 10.1. The Morgan fingerprint density at radius 1 is 1.41 bits per heavy atom. The number of sulfone groups is 1. The Labute approximate surface area is 104 Å². The number of rotatable bonds is 6. The van der Waals surface area contributed by atoms with Gasteiger partial charge in [-0.25, -0.2) is 8.42 Å². The fourth-order valence-corrected chi connectivity index (χ4v) is 2.95. The minimum atomic E-state index is -3.55. The first-order valence-electron chi connectivity index (χ1n) is 5.69. The highest BCUT2D eigenvalue weighted by atomic mass is 32.2. The molecule has 0 rings (SSSR count). The molecule has 0 aliphatic heterocycles. The molecule has 100 valence electrons. The smallest absolute Gasteiger partial charge is 0.324 e. The van der Waals surface area contributed by atoms with Crippen LogP contribution in [-0.4, -0.2) is 31.0 Å². The summed E-state index contributed by atoms with van der Waals surface area (Å²) in [6.07, 6.45) is 2.30. The molecule has 17 heavy (non-hydrogen) atoms. The van der Waals surface area contributed by atoms with Crippen molar-refractivity contribution >= 4 is 15.8 Å². The minimum Gasteiger partial charge on any atom is -0.465 e. The topological polar surface area (TPSA) is 60.4 Å². The van der Waals surface area contributed by atoms with E-state index < -0.39 is 25.8 Å². The second-order valence-electron chi connectivity index (χ2n) is 4.76. The lowest BCUT2D eigenvalue weighted by Gasteiger charge is -2.25. The maximum Gasteiger partial charge on any atom is 0.324 e. The molecule has 0 aliphatic rings. The molecule has 0 heterocycles. The monoisotopic (exact) mass is 262 g/mol. The first-order chi connectivity index (χ1) is 7.68. The Bertz CT molecular complexity index is 362. The van der Waals surface area contributed by atoms with Crippen molar-refractivity contribution in [3.8, 4) is 0 Å². The van der Waals surface area contributed by atoms with Crippen molar-refractivity contribution in [2.45, 2.75) is 50.5 Å². The fourth-order valence-electron chi connectivity index (χ4n) is 1.33. The second-order valence-corrected chi connectivity index (χ2v) is 7.65. The maximum absolute atomic E-state index is 12.2. The predicted molar refractivity (Wildman–Crippen MR) is 68.5 cm³/mol. The van der Waals surface area contributed by atoms with Crippen LogP contribution in [0.3, 0.4) is 0 Å². The van der Waals surface area contributed by atoms with Gasteiger partial charge in [-0.15, -0.1) is 6.58 Å². The molecule has 1 unspecified atom stereocenters. The quantitative estimate of drug-likeness (QED) is 0.543. The van der Waals surface area contributed by atoms with Gasteiger partial charge in [-0.05, 0) is 40.5 Å². The average Bonchev–Trinajstić information content (AvgIpc) is 2.16. The normalized spacial score (nSPS) is 14.1. The average molecular weight is 262 g/mol. The standard InChI is InChI=1S/C12H22O4S/c1-6-8-9-10(11(13)16-7-2)17(14,15)12(3,4)5/h6,10H,1,7-9H2,2-5H3. The van der Waals surface area contributed by atoms with Crippen LogP contribution in [0.2, 0.25) is 0 Å². The Hall–Kier alpha value is -0.840. The van der Waals surface area contributed by atoms with Gasteiger partial charge in [0.2, 0.25) is 0 Å². The minimum absolute atomic E-state index is 0.184. The summed E-state index contributed by atoms with van der Waals surface area (Å²) < 4.78 is 28.3. The number of esters is 1. The van der Waals surface area contributed by atoms with Crippen LogP contribution in [0.5, 0.6) is 0 Å². The number of ether oxygens (including phenoxy) is 1. The zero-order valence-corrected chi connectivity index (χ0v) is 11.8. The lowest BCUT2D eigenvalue weighted by atomic mass is 10.2. The summed E-state index contributed by atoms with van der Waals surface area (Å²) in [7, 11) is -3.55. The molecular weight excluding hydrogens is 240 g/mol. The van der Waals surface area contributed by atoms with E-state index in [9.17, 15) is 13.2 Å². The highest BCUT2D eigenvalue weighted by Gasteiger charge is 2.41. The lowest BCUT2D eigenvalue weighted by Crippen LogP contribution is -2.42. The van der Waals surface area contributed by atoms with Gasteiger partial charge in [-0.2, -0.15) is 0 Å². The molecule has 5 heteroatoms. The lowest BCUT2D eigenvalue weighted by molar-refractivity contribution is -0.142. The van der Waals surface area contributed by atoms with Crippen LogP contribution in [-0.2, 0) is 19.4 Å². The van der Waals surface area contributed by atoms with Gasteiger partial charge >= 0.3 is 5.97 Å². The van der Waals surface area contributed by atoms with Crippen LogP contribution in [0.1, 0.15) is 40.5 Å². The Balaban J connectivity index is 5.18. The first kappa shape index (κ1) is 16.2. The number of carbonyl (C=O) groups excluding carboxylic acids is 1. The number of hydrogen-bond donors (Lipinski definition) is 0. The van der Waals surface area contributed by atoms with Gasteiger partial charge in [0.25, 0.3) is 0 Å². The molecule has 0 aromatic carbocycles. The highest BCUT2D eigenvalue weighted by molar-refractivity contribution is 7.94. The van der Waals surface area contributed by atoms with Gasteiger partial charge in [0.1, 0.15) is 0 Å². The van der Waals surface area contributed by atoms with E-state index in [2.05, 4.69) is 6.58 Å². The first-order valence-corrected chi connectivity index (χ1v) is 7.24. The van der Waals surface area contributed by atoms with E-state index in [0.29, 0.717) is 6.42 Å². The van der Waals surface area contributed by atoms with Crippen molar-refractivity contribution in [1.29, 1.82) is 0 Å². The summed E-state index contributed by atoms with van der Waals surface area (Å²) in [5.41, 5.74) is 0. The molecular formula is C12H22O4S. The van der Waals surface area contributed by atoms with E-state index in [1.165, 1.54) is 0 Å². The summed E-state index contributed by atoms with van der Waals surface area (Å²) in [5, 5.41) is -1.10. The van der Waals surface area contributed by atoms with Crippen molar-refractivity contribution in [3.05, 3.63) is 12.7 Å². The molecule has 0 fully saturated rings. The van der Waals surface area contributed by atoms with E-state index in [4.69, 9.17) is 4.74 Å². The van der Waals surface area contributed by atoms with E-state index in [0.717, 1.165) is 0 Å². The van der Waals surface area contributed by atoms with Crippen molar-refractivity contribution in [2.24, 2.45) is 0 Å². The zero-order valence-electron chi connectivity index (χ0n) is 11.0. The van der Waals surface area contributed by atoms with Crippen LogP contribution < -0.4 is 0 Å². The highest BCUT2D eigenvalue weighted by Crippen LogP contribution is 2.24. The van der Waals surface area contributed by atoms with E-state index in [1.807, 2.05) is 0 Å². The third-order valence-electron chi connectivity index (χ3n) is 2.41. The third-order valence-corrected chi connectivity index (χ3v) is 5.29. The molecule has 4 nitrogen and oxygen atoms in total. The SMILES string of the molecule is C=CCCC(C(=O)OCC)S(=O)(=O)C(C)(C)C. The summed E-state index contributed by atoms with van der Waals surface area (Å²) in [6, 6.07) is 0. The van der Waals surface area contributed by atoms with Crippen LogP contribution in [0.4, 0.5) is 0 Å².